The number of rotatable bonds is 4. The van der Waals surface area contributed by atoms with Gasteiger partial charge in [-0.3, -0.25) is 9.52 Å². The van der Waals surface area contributed by atoms with Crippen molar-refractivity contribution in [1.82, 2.24) is 4.90 Å². The molecule has 0 saturated heterocycles. The Morgan fingerprint density at radius 1 is 1.09 bits per heavy atom. The van der Waals surface area contributed by atoms with Gasteiger partial charge in [0.2, 0.25) is 0 Å². The minimum absolute atomic E-state index is 0.137. The van der Waals surface area contributed by atoms with Crippen molar-refractivity contribution in [2.24, 2.45) is 0 Å². The zero-order valence-electron chi connectivity index (χ0n) is 13.0. The summed E-state index contributed by atoms with van der Waals surface area (Å²) in [6.07, 6.45) is 0. The number of nitrogens with one attached hydrogen (secondary N) is 1. The van der Waals surface area contributed by atoms with E-state index in [1.807, 2.05) is 0 Å². The number of carbonyl (C=O) groups excluding carboxylic acids is 1. The quantitative estimate of drug-likeness (QED) is 0.861. The molecule has 0 fully saturated rings. The molecule has 0 unspecified atom stereocenters. The molecule has 0 aliphatic rings. The Bertz CT molecular complexity index is 831. The molecular formula is C16H17BrN2O3S. The maximum absolute atomic E-state index is 12.5. The van der Waals surface area contributed by atoms with Crippen molar-refractivity contribution in [2.45, 2.75) is 11.8 Å². The topological polar surface area (TPSA) is 66.5 Å². The molecule has 0 heterocycles. The number of carbonyl (C=O) groups is 1. The van der Waals surface area contributed by atoms with Gasteiger partial charge in [0, 0.05) is 29.8 Å². The number of sulfonamides is 1. The van der Waals surface area contributed by atoms with Gasteiger partial charge in [-0.2, -0.15) is 0 Å². The van der Waals surface area contributed by atoms with Crippen molar-refractivity contribution < 1.29 is 13.2 Å². The number of hydrogen-bond acceptors (Lipinski definition) is 3. The highest BCUT2D eigenvalue weighted by Crippen LogP contribution is 2.23. The summed E-state index contributed by atoms with van der Waals surface area (Å²) in [6.45, 7) is 1.74. The lowest BCUT2D eigenvalue weighted by Gasteiger charge is -2.12. The Hall–Kier alpha value is -1.86. The first-order valence-corrected chi connectivity index (χ1v) is 9.09. The maximum atomic E-state index is 12.5. The monoisotopic (exact) mass is 396 g/mol. The van der Waals surface area contributed by atoms with E-state index >= 15 is 0 Å². The summed E-state index contributed by atoms with van der Waals surface area (Å²) in [6, 6.07) is 11.4. The number of aryl methyl sites for hydroxylation is 1. The highest BCUT2D eigenvalue weighted by molar-refractivity contribution is 9.10. The lowest BCUT2D eigenvalue weighted by Crippen LogP contribution is -2.21. The lowest BCUT2D eigenvalue weighted by atomic mass is 10.2. The first kappa shape index (κ1) is 17.5. The van der Waals surface area contributed by atoms with Gasteiger partial charge in [0.25, 0.3) is 15.9 Å². The van der Waals surface area contributed by atoms with E-state index in [-0.39, 0.29) is 10.8 Å². The molecule has 0 bridgehead atoms. The van der Waals surface area contributed by atoms with Crippen LogP contribution in [0.3, 0.4) is 0 Å². The van der Waals surface area contributed by atoms with Crippen molar-refractivity contribution in [2.75, 3.05) is 18.8 Å². The van der Waals surface area contributed by atoms with Gasteiger partial charge >= 0.3 is 0 Å². The Labute approximate surface area is 144 Å². The summed E-state index contributed by atoms with van der Waals surface area (Å²) < 4.78 is 28.2. The van der Waals surface area contributed by atoms with Crippen LogP contribution in [0.25, 0.3) is 0 Å². The van der Waals surface area contributed by atoms with Crippen LogP contribution in [-0.4, -0.2) is 33.3 Å². The van der Waals surface area contributed by atoms with Crippen LogP contribution in [0.1, 0.15) is 15.9 Å². The Kier molecular flexibility index (Phi) is 5.11. The van der Waals surface area contributed by atoms with Gasteiger partial charge in [0.05, 0.1) is 4.90 Å². The third kappa shape index (κ3) is 4.11. The van der Waals surface area contributed by atoms with E-state index in [0.717, 1.165) is 0 Å². The minimum Gasteiger partial charge on any atom is -0.345 e. The van der Waals surface area contributed by atoms with Crippen molar-refractivity contribution in [1.29, 1.82) is 0 Å². The molecule has 0 aromatic heterocycles. The number of nitrogens with zero attached hydrogens (tertiary/aromatic N) is 1. The van der Waals surface area contributed by atoms with Gasteiger partial charge in [-0.25, -0.2) is 8.42 Å². The molecule has 0 aliphatic heterocycles. The Morgan fingerprint density at radius 3 is 2.26 bits per heavy atom. The normalized spacial score (nSPS) is 11.1. The molecular weight excluding hydrogens is 380 g/mol. The number of halogens is 1. The first-order valence-electron chi connectivity index (χ1n) is 6.81. The summed E-state index contributed by atoms with van der Waals surface area (Å²) in [5.74, 6) is -0.137. The predicted octanol–water partition coefficient (Wildman–Crippen LogP) is 3.26. The average Bonchev–Trinajstić information content (AvgIpc) is 2.49. The second kappa shape index (κ2) is 6.72. The summed E-state index contributed by atoms with van der Waals surface area (Å²) in [5, 5.41) is 0. The molecule has 1 amide bonds. The van der Waals surface area contributed by atoms with Crippen LogP contribution in [-0.2, 0) is 10.0 Å². The first-order chi connectivity index (χ1) is 10.7. The van der Waals surface area contributed by atoms with Crippen molar-refractivity contribution in [3.63, 3.8) is 0 Å². The molecule has 0 aliphatic carbocycles. The average molecular weight is 397 g/mol. The smallest absolute Gasteiger partial charge is 0.262 e. The standard InChI is InChI=1S/C16H17BrN2O3S/c1-11-4-7-13(17)10-15(11)23(21,22)18-14-8-5-12(6-9-14)16(20)19(2)3/h4-10,18H,1-3H3. The van der Waals surface area contributed by atoms with E-state index in [9.17, 15) is 13.2 Å². The van der Waals surface area contributed by atoms with Crippen LogP contribution in [0.4, 0.5) is 5.69 Å². The minimum atomic E-state index is -3.69. The zero-order valence-corrected chi connectivity index (χ0v) is 15.4. The molecule has 2 aromatic carbocycles. The van der Waals surface area contributed by atoms with Crippen LogP contribution in [0.5, 0.6) is 0 Å². The Balaban J connectivity index is 2.27. The van der Waals surface area contributed by atoms with Crippen molar-refractivity contribution >= 4 is 37.5 Å². The van der Waals surface area contributed by atoms with Crippen LogP contribution < -0.4 is 4.72 Å². The molecule has 0 saturated carbocycles. The molecule has 122 valence electrons. The number of amides is 1. The van der Waals surface area contributed by atoms with Crippen LogP contribution in [0.15, 0.2) is 51.8 Å². The van der Waals surface area contributed by atoms with Gasteiger partial charge in [0.1, 0.15) is 0 Å². The summed E-state index contributed by atoms with van der Waals surface area (Å²) in [5.41, 5.74) is 1.55. The number of benzene rings is 2. The third-order valence-electron chi connectivity index (χ3n) is 3.23. The van der Waals surface area contributed by atoms with E-state index in [1.54, 1.807) is 63.5 Å². The van der Waals surface area contributed by atoms with E-state index in [2.05, 4.69) is 20.7 Å². The van der Waals surface area contributed by atoms with Gasteiger partial charge in [0.15, 0.2) is 0 Å². The third-order valence-corrected chi connectivity index (χ3v) is 5.25. The molecule has 2 rings (SSSR count). The molecule has 23 heavy (non-hydrogen) atoms. The molecule has 7 heteroatoms. The molecule has 0 spiro atoms. The molecule has 5 nitrogen and oxygen atoms in total. The fourth-order valence-corrected chi connectivity index (χ4v) is 3.86. The van der Waals surface area contributed by atoms with Gasteiger partial charge in [-0.05, 0) is 48.9 Å². The molecule has 0 radical (unpaired) electrons. The molecule has 2 aromatic rings. The Morgan fingerprint density at radius 2 is 1.70 bits per heavy atom. The molecule has 0 atom stereocenters. The maximum Gasteiger partial charge on any atom is 0.262 e. The fourth-order valence-electron chi connectivity index (χ4n) is 2.01. The van der Waals surface area contributed by atoms with Gasteiger partial charge < -0.3 is 4.90 Å². The van der Waals surface area contributed by atoms with Crippen LogP contribution in [0.2, 0.25) is 0 Å². The van der Waals surface area contributed by atoms with Crippen LogP contribution in [0, 0.1) is 6.92 Å². The fraction of sp³-hybridized carbons (Fsp3) is 0.188. The highest BCUT2D eigenvalue weighted by atomic mass is 79.9. The van der Waals surface area contributed by atoms with Crippen LogP contribution >= 0.6 is 15.9 Å². The number of hydrogen-bond donors (Lipinski definition) is 1. The zero-order chi connectivity index (χ0) is 17.2. The summed E-state index contributed by atoms with van der Waals surface area (Å²) in [7, 11) is -0.368. The second-order valence-corrected chi connectivity index (χ2v) is 7.86. The van der Waals surface area contributed by atoms with Gasteiger partial charge in [-0.15, -0.1) is 0 Å². The SMILES string of the molecule is Cc1ccc(Br)cc1S(=O)(=O)Nc1ccc(C(=O)N(C)C)cc1. The second-order valence-electron chi connectivity index (χ2n) is 5.29. The van der Waals surface area contributed by atoms with E-state index in [1.165, 1.54) is 4.90 Å². The summed E-state index contributed by atoms with van der Waals surface area (Å²) >= 11 is 3.28. The van der Waals surface area contributed by atoms with E-state index < -0.39 is 10.0 Å². The largest absolute Gasteiger partial charge is 0.345 e. The highest BCUT2D eigenvalue weighted by Gasteiger charge is 2.17. The van der Waals surface area contributed by atoms with E-state index in [0.29, 0.717) is 21.3 Å². The van der Waals surface area contributed by atoms with Gasteiger partial charge in [-0.1, -0.05) is 22.0 Å². The molecule has 1 N–H and O–H groups in total. The summed E-state index contributed by atoms with van der Waals surface area (Å²) in [4.78, 5) is 13.5. The lowest BCUT2D eigenvalue weighted by molar-refractivity contribution is 0.0827. The van der Waals surface area contributed by atoms with E-state index in [4.69, 9.17) is 0 Å². The number of anilines is 1. The predicted molar refractivity (Wildman–Crippen MR) is 94.1 cm³/mol. The van der Waals surface area contributed by atoms with Crippen molar-refractivity contribution in [3.05, 3.63) is 58.1 Å². The van der Waals surface area contributed by atoms with Crippen molar-refractivity contribution in [3.8, 4) is 0 Å².